The molecule has 5 nitrogen and oxygen atoms in total. The van der Waals surface area contributed by atoms with E-state index < -0.39 is 0 Å². The monoisotopic (exact) mass is 252 g/mol. The van der Waals surface area contributed by atoms with Crippen molar-refractivity contribution in [1.82, 2.24) is 0 Å². The summed E-state index contributed by atoms with van der Waals surface area (Å²) >= 11 is 0. The fraction of sp³-hybridized carbons (Fsp3) is 0.462. The summed E-state index contributed by atoms with van der Waals surface area (Å²) in [5.74, 6) is 0.104. The van der Waals surface area contributed by atoms with Gasteiger partial charge in [0.15, 0.2) is 5.84 Å². The molecule has 0 atom stereocenters. The highest BCUT2D eigenvalue weighted by Gasteiger charge is 1.99. The normalized spacial score (nSPS) is 12.1. The lowest BCUT2D eigenvalue weighted by atomic mass is 10.1. The summed E-state index contributed by atoms with van der Waals surface area (Å²) in [6, 6.07) is 7.35. The molecular formula is C13H20N2O3. The maximum absolute atomic E-state index is 8.53. The zero-order chi connectivity index (χ0) is 13.4. The van der Waals surface area contributed by atoms with Gasteiger partial charge in [0, 0.05) is 5.56 Å². The first-order valence-corrected chi connectivity index (χ1v) is 5.89. The van der Waals surface area contributed by atoms with Crippen molar-refractivity contribution >= 4 is 5.84 Å². The van der Waals surface area contributed by atoms with Gasteiger partial charge in [-0.05, 0) is 19.4 Å². The SMILES string of the molecule is CC(C)OCCOCc1ccc(/C(N)=N/O)cc1. The highest BCUT2D eigenvalue weighted by Crippen LogP contribution is 2.05. The lowest BCUT2D eigenvalue weighted by molar-refractivity contribution is 0.0143. The molecule has 0 fully saturated rings. The summed E-state index contributed by atoms with van der Waals surface area (Å²) in [5, 5.41) is 11.5. The third-order valence-corrected chi connectivity index (χ3v) is 2.31. The Hall–Kier alpha value is -1.59. The molecule has 1 aromatic rings. The van der Waals surface area contributed by atoms with E-state index in [1.165, 1.54) is 0 Å². The molecule has 0 unspecified atom stereocenters. The Balaban J connectivity index is 2.31. The number of benzene rings is 1. The van der Waals surface area contributed by atoms with Gasteiger partial charge in [-0.2, -0.15) is 0 Å². The number of ether oxygens (including phenoxy) is 2. The van der Waals surface area contributed by atoms with Gasteiger partial charge < -0.3 is 20.4 Å². The second kappa shape index (κ2) is 7.68. The summed E-state index contributed by atoms with van der Waals surface area (Å²) in [5.41, 5.74) is 7.19. The molecule has 1 rings (SSSR count). The summed E-state index contributed by atoms with van der Waals surface area (Å²) in [7, 11) is 0. The zero-order valence-corrected chi connectivity index (χ0v) is 10.8. The number of nitrogens with two attached hydrogens (primary N) is 1. The summed E-state index contributed by atoms with van der Waals surface area (Å²) in [6.45, 7) is 5.68. The third-order valence-electron chi connectivity index (χ3n) is 2.31. The molecule has 0 spiro atoms. The van der Waals surface area contributed by atoms with Crippen molar-refractivity contribution in [3.8, 4) is 0 Å². The average Bonchev–Trinajstić information content (AvgIpc) is 2.38. The highest BCUT2D eigenvalue weighted by atomic mass is 16.5. The van der Waals surface area contributed by atoms with E-state index in [0.717, 1.165) is 5.56 Å². The summed E-state index contributed by atoms with van der Waals surface area (Å²) in [6.07, 6.45) is 0.230. The largest absolute Gasteiger partial charge is 0.409 e. The van der Waals surface area contributed by atoms with Crippen molar-refractivity contribution in [2.75, 3.05) is 13.2 Å². The van der Waals surface area contributed by atoms with Gasteiger partial charge in [-0.15, -0.1) is 0 Å². The smallest absolute Gasteiger partial charge is 0.170 e. The maximum Gasteiger partial charge on any atom is 0.170 e. The Labute approximate surface area is 107 Å². The molecule has 0 amide bonds. The minimum absolute atomic E-state index is 0.104. The Morgan fingerprint density at radius 3 is 2.50 bits per heavy atom. The number of oxime groups is 1. The Morgan fingerprint density at radius 1 is 1.28 bits per heavy atom. The molecule has 0 aliphatic carbocycles. The van der Waals surface area contributed by atoms with E-state index in [0.29, 0.717) is 25.4 Å². The molecule has 0 aromatic heterocycles. The van der Waals surface area contributed by atoms with Crippen molar-refractivity contribution in [1.29, 1.82) is 0 Å². The van der Waals surface area contributed by atoms with Gasteiger partial charge in [0.25, 0.3) is 0 Å². The van der Waals surface area contributed by atoms with Gasteiger partial charge in [-0.1, -0.05) is 29.4 Å². The first-order valence-electron chi connectivity index (χ1n) is 5.89. The number of rotatable bonds is 7. The number of amidine groups is 1. The van der Waals surface area contributed by atoms with E-state index in [9.17, 15) is 0 Å². The average molecular weight is 252 g/mol. The van der Waals surface area contributed by atoms with Crippen molar-refractivity contribution in [3.63, 3.8) is 0 Å². The van der Waals surface area contributed by atoms with Gasteiger partial charge in [0.1, 0.15) is 0 Å². The zero-order valence-electron chi connectivity index (χ0n) is 10.8. The van der Waals surface area contributed by atoms with Gasteiger partial charge in [-0.25, -0.2) is 0 Å². The Kier molecular flexibility index (Phi) is 6.18. The lowest BCUT2D eigenvalue weighted by Crippen LogP contribution is -2.13. The summed E-state index contributed by atoms with van der Waals surface area (Å²) in [4.78, 5) is 0. The number of hydrogen-bond donors (Lipinski definition) is 2. The molecular weight excluding hydrogens is 232 g/mol. The molecule has 0 aliphatic rings. The van der Waals surface area contributed by atoms with Crippen LogP contribution in [0.4, 0.5) is 0 Å². The van der Waals surface area contributed by atoms with Crippen LogP contribution < -0.4 is 5.73 Å². The first-order chi connectivity index (χ1) is 8.63. The van der Waals surface area contributed by atoms with Crippen LogP contribution in [0.2, 0.25) is 0 Å². The van der Waals surface area contributed by atoms with E-state index >= 15 is 0 Å². The molecule has 3 N–H and O–H groups in total. The van der Waals surface area contributed by atoms with Crippen LogP contribution in [0.5, 0.6) is 0 Å². The second-order valence-electron chi connectivity index (χ2n) is 4.15. The fourth-order valence-corrected chi connectivity index (χ4v) is 1.36. The topological polar surface area (TPSA) is 77.1 Å². The predicted molar refractivity (Wildman–Crippen MR) is 69.7 cm³/mol. The molecule has 100 valence electrons. The molecule has 1 aromatic carbocycles. The number of hydrogen-bond acceptors (Lipinski definition) is 4. The molecule has 0 heterocycles. The first kappa shape index (κ1) is 14.5. The highest BCUT2D eigenvalue weighted by molar-refractivity contribution is 5.96. The number of nitrogens with zero attached hydrogens (tertiary/aromatic N) is 1. The van der Waals surface area contributed by atoms with Crippen LogP contribution in [-0.2, 0) is 16.1 Å². The van der Waals surface area contributed by atoms with Gasteiger partial charge >= 0.3 is 0 Å². The van der Waals surface area contributed by atoms with Gasteiger partial charge in [0.05, 0.1) is 25.9 Å². The summed E-state index contributed by atoms with van der Waals surface area (Å²) < 4.78 is 10.8. The second-order valence-corrected chi connectivity index (χ2v) is 4.15. The molecule has 18 heavy (non-hydrogen) atoms. The van der Waals surface area contributed by atoms with Crippen molar-refractivity contribution < 1.29 is 14.7 Å². The van der Waals surface area contributed by atoms with Crippen LogP contribution in [0.3, 0.4) is 0 Å². The fourth-order valence-electron chi connectivity index (χ4n) is 1.36. The molecule has 5 heteroatoms. The minimum atomic E-state index is 0.104. The van der Waals surface area contributed by atoms with E-state index in [1.54, 1.807) is 12.1 Å². The van der Waals surface area contributed by atoms with Gasteiger partial charge in [-0.3, -0.25) is 0 Å². The molecule has 0 bridgehead atoms. The van der Waals surface area contributed by atoms with Crippen molar-refractivity contribution in [2.24, 2.45) is 10.9 Å². The molecule has 0 radical (unpaired) electrons. The molecule has 0 saturated carbocycles. The quantitative estimate of drug-likeness (QED) is 0.255. The molecule has 0 aliphatic heterocycles. The predicted octanol–water partition coefficient (Wildman–Crippen LogP) is 1.72. The maximum atomic E-state index is 8.53. The van der Waals surface area contributed by atoms with Crippen molar-refractivity contribution in [3.05, 3.63) is 35.4 Å². The van der Waals surface area contributed by atoms with Crippen molar-refractivity contribution in [2.45, 2.75) is 26.6 Å². The van der Waals surface area contributed by atoms with Gasteiger partial charge in [0.2, 0.25) is 0 Å². The van der Waals surface area contributed by atoms with Crippen LogP contribution >= 0.6 is 0 Å². The van der Waals surface area contributed by atoms with E-state index in [1.807, 2.05) is 26.0 Å². The van der Waals surface area contributed by atoms with E-state index in [2.05, 4.69) is 5.16 Å². The standard InChI is InChI=1S/C13H20N2O3/c1-10(2)18-8-7-17-9-11-3-5-12(6-4-11)13(14)15-16/h3-6,10,16H,7-9H2,1-2H3,(H2,14,15). The Morgan fingerprint density at radius 2 is 1.94 bits per heavy atom. The van der Waals surface area contributed by atoms with Crippen LogP contribution in [-0.4, -0.2) is 30.4 Å². The Bertz CT molecular complexity index is 374. The minimum Gasteiger partial charge on any atom is -0.409 e. The lowest BCUT2D eigenvalue weighted by Gasteiger charge is -2.08. The van der Waals surface area contributed by atoms with E-state index in [4.69, 9.17) is 20.4 Å². The van der Waals surface area contributed by atoms with Crippen LogP contribution in [0, 0.1) is 0 Å². The van der Waals surface area contributed by atoms with Crippen LogP contribution in [0.1, 0.15) is 25.0 Å². The van der Waals surface area contributed by atoms with Crippen LogP contribution in [0.15, 0.2) is 29.4 Å². The molecule has 0 saturated heterocycles. The third kappa shape index (κ3) is 5.16. The van der Waals surface area contributed by atoms with Crippen LogP contribution in [0.25, 0.3) is 0 Å². The van der Waals surface area contributed by atoms with E-state index in [-0.39, 0.29) is 11.9 Å².